The highest BCUT2D eigenvalue weighted by molar-refractivity contribution is 5.75. The molecule has 1 aromatic rings. The van der Waals surface area contributed by atoms with Gasteiger partial charge in [-0.2, -0.15) is 0 Å². The number of likely N-dealkylation sites (tertiary alicyclic amines) is 1. The van der Waals surface area contributed by atoms with Crippen LogP contribution < -0.4 is 15.2 Å². The third-order valence-electron chi connectivity index (χ3n) is 4.61. The highest BCUT2D eigenvalue weighted by Gasteiger charge is 2.30. The van der Waals surface area contributed by atoms with Crippen LogP contribution in [0, 0.1) is 5.92 Å². The molecule has 1 saturated heterocycles. The molecule has 0 aliphatic carbocycles. The molecule has 1 atom stereocenters. The van der Waals surface area contributed by atoms with Crippen molar-refractivity contribution in [3.8, 4) is 11.5 Å². The second-order valence-electron chi connectivity index (χ2n) is 5.95. The van der Waals surface area contributed by atoms with Gasteiger partial charge in [0.25, 0.3) is 0 Å². The van der Waals surface area contributed by atoms with Gasteiger partial charge in [-0.15, -0.1) is 0 Å². The maximum Gasteiger partial charge on any atom is 0.231 e. The fraction of sp³-hybridized carbons (Fsp3) is 0.588. The van der Waals surface area contributed by atoms with Gasteiger partial charge in [0.05, 0.1) is 27.4 Å². The zero-order valence-electron chi connectivity index (χ0n) is 13.8. The SMILES string of the molecule is COc1cccc(C(CO)C2CCN(CC(N)=O)CC2)c1OC. The molecule has 1 aromatic carbocycles. The first-order chi connectivity index (χ1) is 11.1. The Morgan fingerprint density at radius 2 is 2.04 bits per heavy atom. The number of para-hydroxylation sites is 1. The Balaban J connectivity index is 2.14. The van der Waals surface area contributed by atoms with Crippen LogP contribution in [0.2, 0.25) is 0 Å². The van der Waals surface area contributed by atoms with E-state index >= 15 is 0 Å². The van der Waals surface area contributed by atoms with E-state index in [0.29, 0.717) is 24.0 Å². The number of hydrogen-bond donors (Lipinski definition) is 2. The number of nitrogens with zero attached hydrogens (tertiary/aromatic N) is 1. The normalized spacial score (nSPS) is 17.7. The quantitative estimate of drug-likeness (QED) is 0.781. The molecule has 3 N–H and O–H groups in total. The summed E-state index contributed by atoms with van der Waals surface area (Å²) in [6.45, 7) is 2.00. The molecule has 0 radical (unpaired) electrons. The molecule has 23 heavy (non-hydrogen) atoms. The van der Waals surface area contributed by atoms with Gasteiger partial charge in [0, 0.05) is 11.5 Å². The summed E-state index contributed by atoms with van der Waals surface area (Å²) in [7, 11) is 3.23. The number of aliphatic hydroxyl groups excluding tert-OH is 1. The Morgan fingerprint density at radius 1 is 1.35 bits per heavy atom. The fourth-order valence-corrected chi connectivity index (χ4v) is 3.44. The molecule has 0 saturated carbocycles. The maximum atomic E-state index is 11.0. The minimum atomic E-state index is -0.295. The van der Waals surface area contributed by atoms with E-state index in [1.165, 1.54) is 0 Å². The van der Waals surface area contributed by atoms with Crippen LogP contribution in [-0.2, 0) is 4.79 Å². The molecule has 0 bridgehead atoms. The summed E-state index contributed by atoms with van der Waals surface area (Å²) in [6.07, 6.45) is 1.83. The van der Waals surface area contributed by atoms with Gasteiger partial charge in [0.15, 0.2) is 11.5 Å². The summed E-state index contributed by atoms with van der Waals surface area (Å²) < 4.78 is 10.9. The van der Waals surface area contributed by atoms with Gasteiger partial charge in [0.1, 0.15) is 0 Å². The Morgan fingerprint density at radius 3 is 2.57 bits per heavy atom. The smallest absolute Gasteiger partial charge is 0.231 e. The van der Waals surface area contributed by atoms with Gasteiger partial charge >= 0.3 is 0 Å². The fourth-order valence-electron chi connectivity index (χ4n) is 3.44. The van der Waals surface area contributed by atoms with Crippen LogP contribution in [0.3, 0.4) is 0 Å². The highest BCUT2D eigenvalue weighted by atomic mass is 16.5. The molecule has 1 aliphatic heterocycles. The second kappa shape index (κ2) is 8.17. The average molecular weight is 322 g/mol. The minimum Gasteiger partial charge on any atom is -0.493 e. The molecular formula is C17H26N2O4. The molecule has 6 nitrogen and oxygen atoms in total. The van der Waals surface area contributed by atoms with Gasteiger partial charge in [-0.3, -0.25) is 9.69 Å². The number of methoxy groups -OCH3 is 2. The van der Waals surface area contributed by atoms with Crippen molar-refractivity contribution in [1.29, 1.82) is 0 Å². The third kappa shape index (κ3) is 4.14. The van der Waals surface area contributed by atoms with Crippen molar-refractivity contribution in [3.05, 3.63) is 23.8 Å². The number of ether oxygens (including phenoxy) is 2. The Hall–Kier alpha value is -1.79. The number of carbonyl (C=O) groups is 1. The number of nitrogens with two attached hydrogens (primary N) is 1. The number of carbonyl (C=O) groups excluding carboxylic acids is 1. The van der Waals surface area contributed by atoms with Crippen LogP contribution in [0.4, 0.5) is 0 Å². The maximum absolute atomic E-state index is 11.0. The number of aliphatic hydroxyl groups is 1. The number of amides is 1. The molecule has 0 aromatic heterocycles. The van der Waals surface area contributed by atoms with Crippen molar-refractivity contribution < 1.29 is 19.4 Å². The number of benzene rings is 1. The molecule has 128 valence electrons. The minimum absolute atomic E-state index is 0.00391. The monoisotopic (exact) mass is 322 g/mol. The van der Waals surface area contributed by atoms with Crippen LogP contribution in [0.25, 0.3) is 0 Å². The molecule has 0 spiro atoms. The van der Waals surface area contributed by atoms with Crippen molar-refractivity contribution in [2.45, 2.75) is 18.8 Å². The van der Waals surface area contributed by atoms with E-state index in [-0.39, 0.29) is 18.4 Å². The lowest BCUT2D eigenvalue weighted by molar-refractivity contribution is -0.119. The molecule has 1 heterocycles. The van der Waals surface area contributed by atoms with Crippen LogP contribution in [-0.4, -0.2) is 56.4 Å². The zero-order chi connectivity index (χ0) is 16.8. The Kier molecular flexibility index (Phi) is 6.24. The predicted octanol–water partition coefficient (Wildman–Crippen LogP) is 0.977. The molecule has 2 rings (SSSR count). The molecule has 1 unspecified atom stereocenters. The van der Waals surface area contributed by atoms with E-state index < -0.39 is 0 Å². The lowest BCUT2D eigenvalue weighted by Crippen LogP contribution is -2.41. The van der Waals surface area contributed by atoms with Crippen molar-refractivity contribution in [1.82, 2.24) is 4.90 Å². The lowest BCUT2D eigenvalue weighted by atomic mass is 9.80. The van der Waals surface area contributed by atoms with Crippen LogP contribution in [0.1, 0.15) is 24.3 Å². The summed E-state index contributed by atoms with van der Waals surface area (Å²) >= 11 is 0. The zero-order valence-corrected chi connectivity index (χ0v) is 13.8. The van der Waals surface area contributed by atoms with E-state index in [1.807, 2.05) is 18.2 Å². The number of hydrogen-bond acceptors (Lipinski definition) is 5. The van der Waals surface area contributed by atoms with Crippen LogP contribution in [0.5, 0.6) is 11.5 Å². The summed E-state index contributed by atoms with van der Waals surface area (Å²) in [4.78, 5) is 13.1. The van der Waals surface area contributed by atoms with Crippen LogP contribution >= 0.6 is 0 Å². The lowest BCUT2D eigenvalue weighted by Gasteiger charge is -2.35. The van der Waals surface area contributed by atoms with Gasteiger partial charge in [-0.1, -0.05) is 12.1 Å². The van der Waals surface area contributed by atoms with Gasteiger partial charge in [-0.05, 0) is 37.9 Å². The van der Waals surface area contributed by atoms with E-state index in [0.717, 1.165) is 31.5 Å². The average Bonchev–Trinajstić information content (AvgIpc) is 2.56. The number of rotatable bonds is 7. The standard InChI is InChI=1S/C17H26N2O4/c1-22-15-5-3-4-13(17(15)23-2)14(11-20)12-6-8-19(9-7-12)10-16(18)21/h3-5,12,14,20H,6-11H2,1-2H3,(H2,18,21). The summed E-state index contributed by atoms with van der Waals surface area (Å²) in [6, 6.07) is 5.76. The highest BCUT2D eigenvalue weighted by Crippen LogP contribution is 2.41. The summed E-state index contributed by atoms with van der Waals surface area (Å²) in [5.74, 6) is 1.40. The topological polar surface area (TPSA) is 85.0 Å². The van der Waals surface area contributed by atoms with Crippen LogP contribution in [0.15, 0.2) is 18.2 Å². The van der Waals surface area contributed by atoms with Crippen molar-refractivity contribution in [2.75, 3.05) is 40.5 Å². The van der Waals surface area contributed by atoms with E-state index in [9.17, 15) is 9.90 Å². The molecular weight excluding hydrogens is 296 g/mol. The summed E-state index contributed by atoms with van der Waals surface area (Å²) in [5, 5.41) is 9.94. The van der Waals surface area contributed by atoms with E-state index in [1.54, 1.807) is 14.2 Å². The summed E-state index contributed by atoms with van der Waals surface area (Å²) in [5.41, 5.74) is 6.23. The Labute approximate surface area is 137 Å². The first-order valence-electron chi connectivity index (χ1n) is 7.93. The molecule has 6 heteroatoms. The predicted molar refractivity (Wildman–Crippen MR) is 87.7 cm³/mol. The third-order valence-corrected chi connectivity index (χ3v) is 4.61. The number of primary amides is 1. The molecule has 1 amide bonds. The second-order valence-corrected chi connectivity index (χ2v) is 5.95. The number of piperidine rings is 1. The van der Waals surface area contributed by atoms with E-state index in [2.05, 4.69) is 4.90 Å². The molecule has 1 fully saturated rings. The van der Waals surface area contributed by atoms with Gasteiger partial charge in [-0.25, -0.2) is 0 Å². The van der Waals surface area contributed by atoms with Crippen molar-refractivity contribution in [3.63, 3.8) is 0 Å². The first-order valence-corrected chi connectivity index (χ1v) is 7.93. The first kappa shape index (κ1) is 17.6. The van der Waals surface area contributed by atoms with E-state index in [4.69, 9.17) is 15.2 Å². The van der Waals surface area contributed by atoms with Crippen molar-refractivity contribution in [2.24, 2.45) is 11.7 Å². The van der Waals surface area contributed by atoms with Gasteiger partial charge in [0.2, 0.25) is 5.91 Å². The van der Waals surface area contributed by atoms with Crippen molar-refractivity contribution >= 4 is 5.91 Å². The largest absolute Gasteiger partial charge is 0.493 e. The van der Waals surface area contributed by atoms with Gasteiger partial charge < -0.3 is 20.3 Å². The molecule has 1 aliphatic rings. The Bertz CT molecular complexity index is 527.